The van der Waals surface area contributed by atoms with Crippen molar-refractivity contribution in [1.29, 1.82) is 0 Å². The summed E-state index contributed by atoms with van der Waals surface area (Å²) in [6.45, 7) is 13.5. The molecule has 1 saturated carbocycles. The summed E-state index contributed by atoms with van der Waals surface area (Å²) in [5, 5.41) is 0. The van der Waals surface area contributed by atoms with Crippen molar-refractivity contribution in [3.8, 4) is 0 Å². The zero-order valence-corrected chi connectivity index (χ0v) is 20.8. The molecule has 0 heterocycles. The molecule has 27 heavy (non-hydrogen) atoms. The Balaban J connectivity index is -0.000000285. The highest BCUT2D eigenvalue weighted by atomic mass is 14.0. The van der Waals surface area contributed by atoms with Gasteiger partial charge in [-0.3, -0.25) is 0 Å². The van der Waals surface area contributed by atoms with E-state index in [1.54, 1.807) is 0 Å². The van der Waals surface area contributed by atoms with Crippen LogP contribution in [0.4, 0.5) is 0 Å². The van der Waals surface area contributed by atoms with Gasteiger partial charge in [-0.25, -0.2) is 0 Å². The van der Waals surface area contributed by atoms with Crippen LogP contribution >= 0.6 is 0 Å². The average Bonchev–Trinajstić information content (AvgIpc) is 2.72. The van der Waals surface area contributed by atoms with Gasteiger partial charge in [0.1, 0.15) is 0 Å². The summed E-state index contributed by atoms with van der Waals surface area (Å²) in [5.74, 6) is 0. The third-order valence-electron chi connectivity index (χ3n) is 5.12. The molecule has 0 atom stereocenters. The first kappa shape index (κ1) is 31.7. The van der Waals surface area contributed by atoms with Gasteiger partial charge < -0.3 is 0 Å². The molecule has 0 saturated heterocycles. The highest BCUT2D eigenvalue weighted by molar-refractivity contribution is 4.51. The van der Waals surface area contributed by atoms with E-state index in [9.17, 15) is 0 Å². The maximum Gasteiger partial charge on any atom is -0.0533 e. The SMILES string of the molecule is C1CCCCC1.CCCCCCC.CCCCCCC.CCCCCCC. The molecule has 168 valence electrons. The van der Waals surface area contributed by atoms with E-state index in [4.69, 9.17) is 0 Å². The minimum absolute atomic E-state index is 1.36. The lowest BCUT2D eigenvalue weighted by atomic mass is 10.0. The van der Waals surface area contributed by atoms with Gasteiger partial charge in [-0.2, -0.15) is 0 Å². The van der Waals surface area contributed by atoms with Gasteiger partial charge in [0.25, 0.3) is 0 Å². The van der Waals surface area contributed by atoms with E-state index >= 15 is 0 Å². The van der Waals surface area contributed by atoms with Crippen molar-refractivity contribution in [2.75, 3.05) is 0 Å². The lowest BCUT2D eigenvalue weighted by Gasteiger charge is -2.05. The summed E-state index contributed by atoms with van der Waals surface area (Å²) in [7, 11) is 0. The van der Waals surface area contributed by atoms with Crippen LogP contribution in [0.2, 0.25) is 0 Å². The van der Waals surface area contributed by atoms with Crippen molar-refractivity contribution in [2.24, 2.45) is 0 Å². The van der Waals surface area contributed by atoms with Gasteiger partial charge in [-0.05, 0) is 0 Å². The Hall–Kier alpha value is 0. The lowest BCUT2D eigenvalue weighted by Crippen LogP contribution is -1.85. The number of unbranched alkanes of at least 4 members (excludes halogenated alkanes) is 12. The number of hydrogen-bond donors (Lipinski definition) is 0. The molecular formula is C27H60. The quantitative estimate of drug-likeness (QED) is 0.293. The molecule has 0 spiro atoms. The highest BCUT2D eigenvalue weighted by Crippen LogP contribution is 2.15. The molecule has 0 aromatic rings. The van der Waals surface area contributed by atoms with Crippen LogP contribution in [0.5, 0.6) is 0 Å². The molecular weight excluding hydrogens is 324 g/mol. The molecule has 0 aromatic carbocycles. The Bertz CT molecular complexity index is 133. The first-order chi connectivity index (χ1) is 13.2. The normalized spacial score (nSPS) is 12.7. The number of rotatable bonds is 12. The molecule has 0 N–H and O–H groups in total. The monoisotopic (exact) mass is 384 g/mol. The smallest absolute Gasteiger partial charge is 0.0533 e. The molecule has 1 rings (SSSR count). The first-order valence-corrected chi connectivity index (χ1v) is 13.2. The molecule has 1 fully saturated rings. The summed E-state index contributed by atoms with van der Waals surface area (Å²) >= 11 is 0. The molecule has 0 nitrogen and oxygen atoms in total. The van der Waals surface area contributed by atoms with E-state index in [1.807, 2.05) is 0 Å². The van der Waals surface area contributed by atoms with Crippen LogP contribution in [0.1, 0.15) is 176 Å². The Labute approximate surface area is 176 Å². The lowest BCUT2D eigenvalue weighted by molar-refractivity contribution is 0.504. The largest absolute Gasteiger partial charge is 0.0654 e. The van der Waals surface area contributed by atoms with Gasteiger partial charge >= 0.3 is 0 Å². The van der Waals surface area contributed by atoms with E-state index in [2.05, 4.69) is 41.5 Å². The van der Waals surface area contributed by atoms with Crippen LogP contribution in [0.3, 0.4) is 0 Å². The Morgan fingerprint density at radius 3 is 0.519 bits per heavy atom. The van der Waals surface area contributed by atoms with E-state index in [0.29, 0.717) is 0 Å². The van der Waals surface area contributed by atoms with Crippen molar-refractivity contribution in [3.63, 3.8) is 0 Å². The summed E-state index contributed by atoms with van der Waals surface area (Å²) in [6, 6.07) is 0. The van der Waals surface area contributed by atoms with Crippen LogP contribution in [-0.4, -0.2) is 0 Å². The van der Waals surface area contributed by atoms with E-state index < -0.39 is 0 Å². The molecule has 0 aliphatic heterocycles. The van der Waals surface area contributed by atoms with Gasteiger partial charge in [-0.15, -0.1) is 0 Å². The molecule has 0 unspecified atom stereocenters. The van der Waals surface area contributed by atoms with Gasteiger partial charge in [0, 0.05) is 0 Å². The predicted molar refractivity (Wildman–Crippen MR) is 131 cm³/mol. The summed E-state index contributed by atoms with van der Waals surface area (Å²) < 4.78 is 0. The van der Waals surface area contributed by atoms with Crippen LogP contribution in [0.25, 0.3) is 0 Å². The molecule has 0 heteroatoms. The third kappa shape index (κ3) is 46.2. The topological polar surface area (TPSA) is 0 Å². The van der Waals surface area contributed by atoms with Crippen molar-refractivity contribution in [2.45, 2.75) is 176 Å². The second-order valence-corrected chi connectivity index (χ2v) is 8.30. The van der Waals surface area contributed by atoms with Crippen LogP contribution in [-0.2, 0) is 0 Å². The van der Waals surface area contributed by atoms with Gasteiger partial charge in [-0.1, -0.05) is 176 Å². The Morgan fingerprint density at radius 1 is 0.259 bits per heavy atom. The van der Waals surface area contributed by atoms with Crippen molar-refractivity contribution >= 4 is 0 Å². The molecule has 0 radical (unpaired) electrons. The highest BCUT2D eigenvalue weighted by Gasteiger charge is 1.95. The van der Waals surface area contributed by atoms with Crippen molar-refractivity contribution in [1.82, 2.24) is 0 Å². The average molecular weight is 385 g/mol. The number of hydrogen-bond acceptors (Lipinski definition) is 0. The van der Waals surface area contributed by atoms with E-state index in [1.165, 1.54) is 135 Å². The fourth-order valence-electron chi connectivity index (χ4n) is 3.09. The summed E-state index contributed by atoms with van der Waals surface area (Å²) in [5.41, 5.74) is 0. The van der Waals surface area contributed by atoms with Crippen LogP contribution < -0.4 is 0 Å². The second-order valence-electron chi connectivity index (χ2n) is 8.30. The predicted octanol–water partition coefficient (Wildman–Crippen LogP) is 11.3. The molecule has 0 aromatic heterocycles. The maximum atomic E-state index is 2.25. The van der Waals surface area contributed by atoms with E-state index in [-0.39, 0.29) is 0 Å². The molecule has 1 aliphatic carbocycles. The molecule has 0 amide bonds. The second kappa shape index (κ2) is 36.8. The Kier molecular flexibility index (Phi) is 43.2. The third-order valence-corrected chi connectivity index (χ3v) is 5.12. The fraction of sp³-hybridized carbons (Fsp3) is 1.00. The van der Waals surface area contributed by atoms with Gasteiger partial charge in [0.2, 0.25) is 0 Å². The van der Waals surface area contributed by atoms with Crippen LogP contribution in [0, 0.1) is 0 Å². The standard InChI is InChI=1S/3C7H16.C6H12/c3*1-3-5-7-6-4-2;1-2-4-6-5-3-1/h3*3-7H2,1-2H3;1-6H2. The van der Waals surface area contributed by atoms with E-state index in [0.717, 1.165) is 0 Å². The van der Waals surface area contributed by atoms with Gasteiger partial charge in [0.15, 0.2) is 0 Å². The minimum atomic E-state index is 1.36. The first-order valence-electron chi connectivity index (χ1n) is 13.2. The molecule has 0 bridgehead atoms. The molecule has 1 aliphatic rings. The summed E-state index contributed by atoms with van der Waals surface area (Å²) in [4.78, 5) is 0. The fourth-order valence-corrected chi connectivity index (χ4v) is 3.09. The zero-order chi connectivity index (χ0) is 20.8. The summed E-state index contributed by atoms with van der Waals surface area (Å²) in [6.07, 6.45) is 30.0. The van der Waals surface area contributed by atoms with Crippen LogP contribution in [0.15, 0.2) is 0 Å². The zero-order valence-electron chi connectivity index (χ0n) is 20.8. The van der Waals surface area contributed by atoms with Crippen molar-refractivity contribution < 1.29 is 0 Å². The van der Waals surface area contributed by atoms with Crippen molar-refractivity contribution in [3.05, 3.63) is 0 Å². The Morgan fingerprint density at radius 2 is 0.407 bits per heavy atom. The maximum absolute atomic E-state index is 2.25. The van der Waals surface area contributed by atoms with Gasteiger partial charge in [0.05, 0.1) is 0 Å². The minimum Gasteiger partial charge on any atom is -0.0654 e.